The van der Waals surface area contributed by atoms with E-state index in [2.05, 4.69) is 15.1 Å². The quantitative estimate of drug-likeness (QED) is 0.756. The number of halogens is 2. The number of piperazine rings is 1. The van der Waals surface area contributed by atoms with Crippen LogP contribution in [0.2, 0.25) is 0 Å². The van der Waals surface area contributed by atoms with Gasteiger partial charge in [-0.1, -0.05) is 18.9 Å². The Bertz CT molecular complexity index is 490. The summed E-state index contributed by atoms with van der Waals surface area (Å²) in [7, 11) is 0. The zero-order valence-corrected chi connectivity index (χ0v) is 16.9. The molecule has 0 bridgehead atoms. The Kier molecular flexibility index (Phi) is 10.3. The SMILES string of the molecule is Cl.Cl.O=C(CN1CCN(CC(O)c2cccs2)CC1)NC1CCCC1. The maximum atomic E-state index is 12.1. The normalized spacial score (nSPS) is 20.5. The molecule has 1 aliphatic carbocycles. The van der Waals surface area contributed by atoms with Gasteiger partial charge in [0.2, 0.25) is 5.91 Å². The van der Waals surface area contributed by atoms with Crippen molar-refractivity contribution in [3.63, 3.8) is 0 Å². The van der Waals surface area contributed by atoms with Crippen molar-refractivity contribution in [2.75, 3.05) is 39.3 Å². The summed E-state index contributed by atoms with van der Waals surface area (Å²) < 4.78 is 0. The minimum absolute atomic E-state index is 0. The molecule has 0 radical (unpaired) electrons. The van der Waals surface area contributed by atoms with Gasteiger partial charge in [-0.25, -0.2) is 0 Å². The van der Waals surface area contributed by atoms with Gasteiger partial charge < -0.3 is 10.4 Å². The first-order valence-electron chi connectivity index (χ1n) is 8.66. The minimum atomic E-state index is -0.396. The number of nitrogens with zero attached hydrogens (tertiary/aromatic N) is 2. The molecule has 1 aromatic rings. The number of carbonyl (C=O) groups is 1. The number of aliphatic hydroxyl groups excluding tert-OH is 1. The van der Waals surface area contributed by atoms with Crippen molar-refractivity contribution in [3.8, 4) is 0 Å². The average Bonchev–Trinajstić information content (AvgIpc) is 3.22. The Balaban J connectivity index is 0.00000156. The van der Waals surface area contributed by atoms with Crippen LogP contribution in [0.4, 0.5) is 0 Å². The molecule has 0 spiro atoms. The van der Waals surface area contributed by atoms with Crippen LogP contribution in [0.15, 0.2) is 17.5 Å². The van der Waals surface area contributed by atoms with E-state index in [9.17, 15) is 9.90 Å². The van der Waals surface area contributed by atoms with Crippen LogP contribution in [0.1, 0.15) is 36.7 Å². The summed E-state index contributed by atoms with van der Waals surface area (Å²) in [6, 6.07) is 4.37. The number of rotatable bonds is 6. The zero-order valence-electron chi connectivity index (χ0n) is 14.4. The zero-order chi connectivity index (χ0) is 16.1. The van der Waals surface area contributed by atoms with Crippen LogP contribution < -0.4 is 5.32 Å². The van der Waals surface area contributed by atoms with Crippen LogP contribution in [-0.2, 0) is 4.79 Å². The molecule has 0 aromatic carbocycles. The van der Waals surface area contributed by atoms with Crippen LogP contribution >= 0.6 is 36.2 Å². The van der Waals surface area contributed by atoms with E-state index in [-0.39, 0.29) is 30.7 Å². The Morgan fingerprint density at radius 3 is 2.44 bits per heavy atom. The third kappa shape index (κ3) is 7.04. The third-order valence-corrected chi connectivity index (χ3v) is 5.83. The van der Waals surface area contributed by atoms with Crippen molar-refractivity contribution >= 4 is 42.1 Å². The van der Waals surface area contributed by atoms with Gasteiger partial charge in [-0.05, 0) is 24.3 Å². The first-order valence-corrected chi connectivity index (χ1v) is 9.54. The molecule has 1 saturated heterocycles. The summed E-state index contributed by atoms with van der Waals surface area (Å²) >= 11 is 1.60. The van der Waals surface area contributed by atoms with E-state index in [0.717, 1.165) is 43.9 Å². The highest BCUT2D eigenvalue weighted by Gasteiger charge is 2.23. The van der Waals surface area contributed by atoms with Gasteiger partial charge in [-0.15, -0.1) is 36.2 Å². The Morgan fingerprint density at radius 1 is 1.20 bits per heavy atom. The smallest absolute Gasteiger partial charge is 0.234 e. The lowest BCUT2D eigenvalue weighted by Gasteiger charge is -2.35. The largest absolute Gasteiger partial charge is 0.386 e. The van der Waals surface area contributed by atoms with Crippen molar-refractivity contribution in [1.82, 2.24) is 15.1 Å². The maximum Gasteiger partial charge on any atom is 0.234 e. The standard InChI is InChI=1S/C17H27N3O2S.2ClH/c21-15(16-6-3-11-23-16)12-19-7-9-20(10-8-19)13-17(22)18-14-4-1-2-5-14;;/h3,6,11,14-15,21H,1-2,4-5,7-10,12-13H2,(H,18,22);2*1H. The molecule has 144 valence electrons. The van der Waals surface area contributed by atoms with E-state index in [4.69, 9.17) is 0 Å². The van der Waals surface area contributed by atoms with Crippen LogP contribution in [0.25, 0.3) is 0 Å². The van der Waals surface area contributed by atoms with Crippen LogP contribution in [0, 0.1) is 0 Å². The highest BCUT2D eigenvalue weighted by Crippen LogP contribution is 2.20. The highest BCUT2D eigenvalue weighted by molar-refractivity contribution is 7.10. The first kappa shape index (κ1) is 22.7. The molecule has 1 amide bonds. The number of β-amino-alcohol motifs (C(OH)–C–C–N with tert-alkyl or cyclic N) is 1. The first-order chi connectivity index (χ1) is 11.2. The third-order valence-electron chi connectivity index (χ3n) is 4.86. The number of thiophene rings is 1. The number of hydrogen-bond acceptors (Lipinski definition) is 5. The second-order valence-electron chi connectivity index (χ2n) is 6.66. The van der Waals surface area contributed by atoms with Crippen molar-refractivity contribution in [2.45, 2.75) is 37.8 Å². The van der Waals surface area contributed by atoms with Gasteiger partial charge >= 0.3 is 0 Å². The number of amides is 1. The number of nitrogens with one attached hydrogen (secondary N) is 1. The molecule has 2 heterocycles. The molecule has 1 unspecified atom stereocenters. The molecule has 1 aromatic heterocycles. The number of hydrogen-bond donors (Lipinski definition) is 2. The average molecular weight is 410 g/mol. The van der Waals surface area contributed by atoms with Gasteiger partial charge in [0.1, 0.15) is 6.10 Å². The van der Waals surface area contributed by atoms with E-state index in [1.165, 1.54) is 12.8 Å². The van der Waals surface area contributed by atoms with Gasteiger partial charge in [0.05, 0.1) is 6.54 Å². The maximum absolute atomic E-state index is 12.1. The molecular formula is C17H29Cl2N3O2S. The molecular weight excluding hydrogens is 381 g/mol. The van der Waals surface area contributed by atoms with Crippen molar-refractivity contribution in [3.05, 3.63) is 22.4 Å². The fourth-order valence-electron chi connectivity index (χ4n) is 3.49. The van der Waals surface area contributed by atoms with E-state index in [0.29, 0.717) is 19.1 Å². The molecule has 3 rings (SSSR count). The molecule has 25 heavy (non-hydrogen) atoms. The van der Waals surface area contributed by atoms with Gasteiger partial charge in [-0.2, -0.15) is 0 Å². The van der Waals surface area contributed by atoms with E-state index in [1.54, 1.807) is 11.3 Å². The molecule has 8 heteroatoms. The lowest BCUT2D eigenvalue weighted by atomic mass is 10.2. The Hall–Kier alpha value is -0.370. The number of aliphatic hydroxyl groups is 1. The predicted octanol–water partition coefficient (Wildman–Crippen LogP) is 2.30. The fourth-order valence-corrected chi connectivity index (χ4v) is 4.19. The predicted molar refractivity (Wildman–Crippen MR) is 107 cm³/mol. The second-order valence-corrected chi connectivity index (χ2v) is 7.64. The van der Waals surface area contributed by atoms with Gasteiger partial charge in [-0.3, -0.25) is 14.6 Å². The van der Waals surface area contributed by atoms with Gasteiger partial charge in [0, 0.05) is 43.6 Å². The lowest BCUT2D eigenvalue weighted by molar-refractivity contribution is -0.123. The molecule has 2 N–H and O–H groups in total. The summed E-state index contributed by atoms with van der Waals surface area (Å²) in [6.07, 6.45) is 4.37. The summed E-state index contributed by atoms with van der Waals surface area (Å²) in [6.45, 7) is 4.82. The molecule has 2 aliphatic rings. The summed E-state index contributed by atoms with van der Waals surface area (Å²) in [5.41, 5.74) is 0. The van der Waals surface area contributed by atoms with Crippen molar-refractivity contribution < 1.29 is 9.90 Å². The molecule has 1 saturated carbocycles. The molecule has 5 nitrogen and oxygen atoms in total. The Morgan fingerprint density at radius 2 is 1.84 bits per heavy atom. The summed E-state index contributed by atoms with van der Waals surface area (Å²) in [5, 5.41) is 15.4. The van der Waals surface area contributed by atoms with Gasteiger partial charge in [0.15, 0.2) is 0 Å². The van der Waals surface area contributed by atoms with Gasteiger partial charge in [0.25, 0.3) is 0 Å². The van der Waals surface area contributed by atoms with E-state index in [1.807, 2.05) is 17.5 Å². The van der Waals surface area contributed by atoms with Crippen LogP contribution in [-0.4, -0.2) is 66.1 Å². The van der Waals surface area contributed by atoms with Crippen LogP contribution in [0.5, 0.6) is 0 Å². The Labute approximate surface area is 166 Å². The molecule has 1 atom stereocenters. The molecule has 2 fully saturated rings. The van der Waals surface area contributed by atoms with E-state index >= 15 is 0 Å². The second kappa shape index (κ2) is 11.4. The minimum Gasteiger partial charge on any atom is -0.386 e. The van der Waals surface area contributed by atoms with Crippen LogP contribution in [0.3, 0.4) is 0 Å². The topological polar surface area (TPSA) is 55.8 Å². The highest BCUT2D eigenvalue weighted by atomic mass is 35.5. The lowest BCUT2D eigenvalue weighted by Crippen LogP contribution is -2.50. The summed E-state index contributed by atoms with van der Waals surface area (Å²) in [4.78, 5) is 17.6. The fraction of sp³-hybridized carbons (Fsp3) is 0.706. The monoisotopic (exact) mass is 409 g/mol. The van der Waals surface area contributed by atoms with E-state index < -0.39 is 6.10 Å². The number of carbonyl (C=O) groups excluding carboxylic acids is 1. The van der Waals surface area contributed by atoms with Crippen molar-refractivity contribution in [1.29, 1.82) is 0 Å². The van der Waals surface area contributed by atoms with Crippen molar-refractivity contribution in [2.24, 2.45) is 0 Å². The summed E-state index contributed by atoms with van der Waals surface area (Å²) in [5.74, 6) is 0.170. The molecule has 1 aliphatic heterocycles.